The van der Waals surface area contributed by atoms with Crippen LogP contribution in [0.2, 0.25) is 0 Å². The number of thiophene rings is 1. The highest BCUT2D eigenvalue weighted by Crippen LogP contribution is 2.31. The van der Waals surface area contributed by atoms with Crippen molar-refractivity contribution in [3.05, 3.63) is 130 Å². The molecule has 0 N–H and O–H groups in total. The molecule has 3 aromatic heterocycles. The van der Waals surface area contributed by atoms with Crippen molar-refractivity contribution in [2.75, 3.05) is 4.90 Å². The molecule has 184 valence electrons. The molecule has 0 fully saturated rings. The van der Waals surface area contributed by atoms with E-state index < -0.39 is 29.0 Å². The number of hydrogen-bond acceptors (Lipinski definition) is 4. The van der Waals surface area contributed by atoms with Gasteiger partial charge < -0.3 is 4.57 Å². The minimum absolute atomic E-state index is 0.0653. The molecule has 1 amide bonds. The minimum Gasteiger partial charge on any atom is -0.322 e. The van der Waals surface area contributed by atoms with E-state index >= 15 is 0 Å². The number of ketones is 1. The molecule has 0 saturated heterocycles. The van der Waals surface area contributed by atoms with Crippen LogP contribution in [-0.4, -0.2) is 21.2 Å². The van der Waals surface area contributed by atoms with E-state index in [4.69, 9.17) is 0 Å². The predicted molar refractivity (Wildman–Crippen MR) is 135 cm³/mol. The Morgan fingerprint density at radius 3 is 2.22 bits per heavy atom. The smallest absolute Gasteiger partial charge is 0.237 e. The summed E-state index contributed by atoms with van der Waals surface area (Å²) in [5, 5.41) is 1.81. The number of hydrogen-bond donors (Lipinski definition) is 0. The number of aromatic nitrogens is 2. The Morgan fingerprint density at radius 1 is 0.865 bits per heavy atom. The molecule has 37 heavy (non-hydrogen) atoms. The van der Waals surface area contributed by atoms with Gasteiger partial charge in [0.15, 0.2) is 0 Å². The largest absolute Gasteiger partial charge is 0.322 e. The van der Waals surface area contributed by atoms with E-state index in [1.54, 1.807) is 5.38 Å². The van der Waals surface area contributed by atoms with Gasteiger partial charge in [-0.2, -0.15) is 0 Å². The van der Waals surface area contributed by atoms with Crippen LogP contribution in [0.5, 0.6) is 0 Å². The maximum atomic E-state index is 14.7. The molecular formula is C28H18F3N3O2S. The highest BCUT2D eigenvalue weighted by atomic mass is 32.1. The summed E-state index contributed by atoms with van der Waals surface area (Å²) in [6.45, 7) is 0. The second-order valence-electron chi connectivity index (χ2n) is 8.06. The van der Waals surface area contributed by atoms with E-state index in [2.05, 4.69) is 4.98 Å². The number of anilines is 2. The average molecular weight is 518 g/mol. The number of benzene rings is 2. The molecular weight excluding hydrogens is 499 g/mol. The van der Waals surface area contributed by atoms with Gasteiger partial charge >= 0.3 is 0 Å². The third-order valence-electron chi connectivity index (χ3n) is 5.65. The van der Waals surface area contributed by atoms with Gasteiger partial charge in [0, 0.05) is 24.2 Å². The molecule has 0 saturated carbocycles. The fraction of sp³-hybridized carbons (Fsp3) is 0.0357. The van der Waals surface area contributed by atoms with Gasteiger partial charge in [0.25, 0.3) is 0 Å². The minimum atomic E-state index is -0.954. The molecule has 0 radical (unpaired) electrons. The Kier molecular flexibility index (Phi) is 6.70. The summed E-state index contributed by atoms with van der Waals surface area (Å²) in [6, 6.07) is 16.8. The zero-order valence-corrected chi connectivity index (χ0v) is 20.0. The van der Waals surface area contributed by atoms with Gasteiger partial charge in [0.2, 0.25) is 11.7 Å². The summed E-state index contributed by atoms with van der Waals surface area (Å²) < 4.78 is 44.6. The summed E-state index contributed by atoms with van der Waals surface area (Å²) >= 11 is 1.28. The fourth-order valence-corrected chi connectivity index (χ4v) is 4.73. The Bertz CT molecular complexity index is 1540. The average Bonchev–Trinajstić information content (AvgIpc) is 3.60. The Labute approximate surface area is 214 Å². The lowest BCUT2D eigenvalue weighted by molar-refractivity contribution is -0.117. The normalized spacial score (nSPS) is 10.9. The standard InChI is InChI=1S/C28H18F3N3O2S/c29-20-9-6-18(7-10-20)16-25(35)34(26-21(30)4-3-5-22(26)31)24-11-8-19(17-32-24)27(36)28-23(12-15-37-28)33-13-1-2-14-33/h1-15,17H,16H2. The number of rotatable bonds is 7. The van der Waals surface area contributed by atoms with E-state index in [0.29, 0.717) is 16.1 Å². The lowest BCUT2D eigenvalue weighted by atomic mass is 10.1. The maximum Gasteiger partial charge on any atom is 0.237 e. The van der Waals surface area contributed by atoms with E-state index in [1.807, 2.05) is 35.2 Å². The highest BCUT2D eigenvalue weighted by Gasteiger charge is 2.26. The quantitative estimate of drug-likeness (QED) is 0.232. The Morgan fingerprint density at radius 2 is 1.57 bits per heavy atom. The SMILES string of the molecule is O=C(c1ccc(N(C(=O)Cc2ccc(F)cc2)c2c(F)cccc2F)nc1)c1sccc1-n1cccc1. The van der Waals surface area contributed by atoms with E-state index in [0.717, 1.165) is 17.0 Å². The van der Waals surface area contributed by atoms with E-state index in [9.17, 15) is 22.8 Å². The zero-order chi connectivity index (χ0) is 25.9. The summed E-state index contributed by atoms with van der Waals surface area (Å²) in [5.41, 5.74) is 0.831. The second-order valence-corrected chi connectivity index (χ2v) is 8.98. The first-order valence-electron chi connectivity index (χ1n) is 11.2. The van der Waals surface area contributed by atoms with Gasteiger partial charge in [-0.05, 0) is 65.5 Å². The van der Waals surface area contributed by atoms with Gasteiger partial charge in [-0.25, -0.2) is 18.2 Å². The maximum absolute atomic E-state index is 14.7. The van der Waals surface area contributed by atoms with Gasteiger partial charge in [-0.1, -0.05) is 18.2 Å². The van der Waals surface area contributed by atoms with Crippen molar-refractivity contribution < 1.29 is 22.8 Å². The van der Waals surface area contributed by atoms with Crippen LogP contribution < -0.4 is 4.90 Å². The molecule has 5 rings (SSSR count). The van der Waals surface area contributed by atoms with Crippen molar-refractivity contribution >= 4 is 34.5 Å². The van der Waals surface area contributed by atoms with Crippen LogP contribution in [0, 0.1) is 17.5 Å². The third-order valence-corrected chi connectivity index (χ3v) is 6.55. The molecule has 5 aromatic rings. The summed E-state index contributed by atoms with van der Waals surface area (Å²) in [6.07, 6.45) is 4.67. The first-order chi connectivity index (χ1) is 17.9. The highest BCUT2D eigenvalue weighted by molar-refractivity contribution is 7.12. The van der Waals surface area contributed by atoms with Crippen LogP contribution in [0.1, 0.15) is 20.8 Å². The molecule has 2 aromatic carbocycles. The van der Waals surface area contributed by atoms with E-state index in [1.165, 1.54) is 60.0 Å². The van der Waals surface area contributed by atoms with Crippen molar-refractivity contribution in [3.8, 4) is 5.69 Å². The van der Waals surface area contributed by atoms with Gasteiger partial charge in [0.1, 0.15) is 29.0 Å². The Hall–Kier alpha value is -4.50. The lowest BCUT2D eigenvalue weighted by Crippen LogP contribution is -2.30. The van der Waals surface area contributed by atoms with Crippen LogP contribution in [0.4, 0.5) is 24.7 Å². The molecule has 0 aliphatic carbocycles. The fourth-order valence-electron chi connectivity index (χ4n) is 3.88. The molecule has 0 bridgehead atoms. The molecule has 5 nitrogen and oxygen atoms in total. The second kappa shape index (κ2) is 10.2. The molecule has 0 aliphatic heterocycles. The lowest BCUT2D eigenvalue weighted by Gasteiger charge is -2.23. The molecule has 3 heterocycles. The van der Waals surface area contributed by atoms with Crippen LogP contribution in [-0.2, 0) is 11.2 Å². The number of carbonyl (C=O) groups is 2. The molecule has 0 atom stereocenters. The van der Waals surface area contributed by atoms with E-state index in [-0.39, 0.29) is 23.6 Å². The zero-order valence-electron chi connectivity index (χ0n) is 19.1. The number of para-hydroxylation sites is 1. The van der Waals surface area contributed by atoms with Crippen LogP contribution >= 0.6 is 11.3 Å². The van der Waals surface area contributed by atoms with Gasteiger partial charge in [-0.15, -0.1) is 11.3 Å². The first kappa shape index (κ1) is 24.2. The third kappa shape index (κ3) is 4.94. The van der Waals surface area contributed by atoms with Crippen LogP contribution in [0.15, 0.2) is 96.8 Å². The van der Waals surface area contributed by atoms with Crippen molar-refractivity contribution in [3.63, 3.8) is 0 Å². The predicted octanol–water partition coefficient (Wildman–Crippen LogP) is 6.49. The molecule has 0 unspecified atom stereocenters. The Balaban J connectivity index is 1.49. The topological polar surface area (TPSA) is 55.2 Å². The number of nitrogens with zero attached hydrogens (tertiary/aromatic N) is 3. The molecule has 0 spiro atoms. The number of halogens is 3. The van der Waals surface area contributed by atoms with Crippen LogP contribution in [0.3, 0.4) is 0 Å². The van der Waals surface area contributed by atoms with Crippen molar-refractivity contribution in [1.29, 1.82) is 0 Å². The summed E-state index contributed by atoms with van der Waals surface area (Å²) in [5.74, 6) is -3.41. The van der Waals surface area contributed by atoms with Gasteiger partial charge in [-0.3, -0.25) is 14.5 Å². The first-order valence-corrected chi connectivity index (χ1v) is 12.0. The number of carbonyl (C=O) groups excluding carboxylic acids is 2. The monoisotopic (exact) mass is 517 g/mol. The van der Waals surface area contributed by atoms with Gasteiger partial charge in [0.05, 0.1) is 17.0 Å². The molecule has 0 aliphatic rings. The number of amides is 1. The van der Waals surface area contributed by atoms with Crippen LogP contribution in [0.25, 0.3) is 5.69 Å². The summed E-state index contributed by atoms with van der Waals surface area (Å²) in [4.78, 5) is 32.0. The van der Waals surface area contributed by atoms with Crippen molar-refractivity contribution in [2.45, 2.75) is 6.42 Å². The van der Waals surface area contributed by atoms with Crippen molar-refractivity contribution in [1.82, 2.24) is 9.55 Å². The molecule has 9 heteroatoms. The number of pyridine rings is 1. The van der Waals surface area contributed by atoms with Crippen molar-refractivity contribution in [2.24, 2.45) is 0 Å². The summed E-state index contributed by atoms with van der Waals surface area (Å²) in [7, 11) is 0.